The predicted octanol–water partition coefficient (Wildman–Crippen LogP) is 0.874. The molecule has 80 valence electrons. The fourth-order valence-corrected chi connectivity index (χ4v) is 2.89. The molecule has 0 bridgehead atoms. The Labute approximate surface area is 94.4 Å². The van der Waals surface area contributed by atoms with E-state index in [4.69, 9.17) is 18.0 Å². The predicted molar refractivity (Wildman–Crippen MR) is 64.5 cm³/mol. The van der Waals surface area contributed by atoms with Crippen LogP contribution in [0.4, 0.5) is 0 Å². The van der Waals surface area contributed by atoms with Crippen molar-refractivity contribution in [2.24, 2.45) is 11.7 Å². The summed E-state index contributed by atoms with van der Waals surface area (Å²) in [7, 11) is 0. The van der Waals surface area contributed by atoms with Crippen LogP contribution in [0.1, 0.15) is 13.3 Å². The van der Waals surface area contributed by atoms with E-state index in [1.54, 1.807) is 4.90 Å². The Morgan fingerprint density at radius 2 is 2.43 bits per heavy atom. The van der Waals surface area contributed by atoms with Crippen molar-refractivity contribution in [2.75, 3.05) is 24.6 Å². The lowest BCUT2D eigenvalue weighted by atomic mass is 10.1. The molecule has 2 N–H and O–H groups in total. The summed E-state index contributed by atoms with van der Waals surface area (Å²) in [5, 5.41) is 0. The van der Waals surface area contributed by atoms with Gasteiger partial charge in [0.05, 0.1) is 11.5 Å². The van der Waals surface area contributed by atoms with Crippen LogP contribution < -0.4 is 5.73 Å². The number of amides is 1. The van der Waals surface area contributed by atoms with Crippen LogP contribution in [0.3, 0.4) is 0 Å². The number of thiocarbonyl (C=S) groups is 1. The average molecular weight is 232 g/mol. The maximum absolute atomic E-state index is 11.9. The SMILES string of the molecule is CCN(CC(N)=S)C(=O)C1CCSC1. The summed E-state index contributed by atoms with van der Waals surface area (Å²) in [6.07, 6.45) is 0.997. The molecule has 1 rings (SSSR count). The monoisotopic (exact) mass is 232 g/mol. The van der Waals surface area contributed by atoms with E-state index in [1.807, 2.05) is 18.7 Å². The van der Waals surface area contributed by atoms with E-state index in [0.717, 1.165) is 17.9 Å². The Balaban J connectivity index is 2.50. The van der Waals surface area contributed by atoms with E-state index in [1.165, 1.54) is 0 Å². The van der Waals surface area contributed by atoms with Gasteiger partial charge in [-0.2, -0.15) is 11.8 Å². The molecule has 0 aliphatic carbocycles. The Kier molecular flexibility index (Phi) is 4.68. The highest BCUT2D eigenvalue weighted by Crippen LogP contribution is 2.24. The number of carbonyl (C=O) groups excluding carboxylic acids is 1. The van der Waals surface area contributed by atoms with Crippen molar-refractivity contribution in [2.45, 2.75) is 13.3 Å². The van der Waals surface area contributed by atoms with Crippen LogP contribution in [0.15, 0.2) is 0 Å². The highest BCUT2D eigenvalue weighted by Gasteiger charge is 2.26. The van der Waals surface area contributed by atoms with Crippen molar-refractivity contribution in [1.82, 2.24) is 4.90 Å². The molecule has 14 heavy (non-hydrogen) atoms. The molecule has 1 saturated heterocycles. The molecule has 1 fully saturated rings. The molecule has 1 heterocycles. The topological polar surface area (TPSA) is 46.3 Å². The normalized spacial score (nSPS) is 20.8. The van der Waals surface area contributed by atoms with Crippen molar-refractivity contribution in [3.63, 3.8) is 0 Å². The fraction of sp³-hybridized carbons (Fsp3) is 0.778. The fourth-order valence-electron chi connectivity index (χ4n) is 1.52. The van der Waals surface area contributed by atoms with Crippen LogP contribution in [0.2, 0.25) is 0 Å². The van der Waals surface area contributed by atoms with Gasteiger partial charge >= 0.3 is 0 Å². The Bertz CT molecular complexity index is 227. The zero-order valence-corrected chi connectivity index (χ0v) is 10.00. The van der Waals surface area contributed by atoms with E-state index < -0.39 is 0 Å². The van der Waals surface area contributed by atoms with Gasteiger partial charge in [-0.25, -0.2) is 0 Å². The van der Waals surface area contributed by atoms with Gasteiger partial charge in [0.15, 0.2) is 0 Å². The highest BCUT2D eigenvalue weighted by atomic mass is 32.2. The van der Waals surface area contributed by atoms with Crippen LogP contribution in [0, 0.1) is 5.92 Å². The minimum absolute atomic E-state index is 0.189. The molecule has 1 unspecified atom stereocenters. The summed E-state index contributed by atoms with van der Waals surface area (Å²) in [5.74, 6) is 2.45. The number of rotatable bonds is 4. The van der Waals surface area contributed by atoms with Gasteiger partial charge in [0.25, 0.3) is 0 Å². The second-order valence-corrected chi connectivity index (χ2v) is 5.05. The van der Waals surface area contributed by atoms with Gasteiger partial charge in [-0.1, -0.05) is 12.2 Å². The van der Waals surface area contributed by atoms with Crippen LogP contribution in [0.5, 0.6) is 0 Å². The molecular formula is C9H16N2OS2. The van der Waals surface area contributed by atoms with E-state index >= 15 is 0 Å². The Hall–Kier alpha value is -0.290. The Morgan fingerprint density at radius 1 is 1.71 bits per heavy atom. The first-order valence-corrected chi connectivity index (χ1v) is 6.36. The van der Waals surface area contributed by atoms with Gasteiger partial charge in [0.2, 0.25) is 5.91 Å². The van der Waals surface area contributed by atoms with E-state index in [2.05, 4.69) is 0 Å². The molecule has 1 atom stereocenters. The molecule has 5 heteroatoms. The van der Waals surface area contributed by atoms with Crippen molar-refractivity contribution >= 4 is 34.9 Å². The van der Waals surface area contributed by atoms with Gasteiger partial charge in [-0.15, -0.1) is 0 Å². The third-order valence-electron chi connectivity index (χ3n) is 2.32. The summed E-state index contributed by atoms with van der Waals surface area (Å²) in [6.45, 7) is 3.07. The van der Waals surface area contributed by atoms with Crippen LogP contribution in [0.25, 0.3) is 0 Å². The van der Waals surface area contributed by atoms with Gasteiger partial charge in [-0.3, -0.25) is 4.79 Å². The van der Waals surface area contributed by atoms with Crippen molar-refractivity contribution in [3.05, 3.63) is 0 Å². The van der Waals surface area contributed by atoms with Gasteiger partial charge < -0.3 is 10.6 Å². The number of hydrogen-bond donors (Lipinski definition) is 1. The van der Waals surface area contributed by atoms with Gasteiger partial charge in [0, 0.05) is 18.2 Å². The molecular weight excluding hydrogens is 216 g/mol. The average Bonchev–Trinajstić information content (AvgIpc) is 2.65. The Morgan fingerprint density at radius 3 is 2.86 bits per heavy atom. The standard InChI is InChI=1S/C9H16N2OS2/c1-2-11(5-8(10)13)9(12)7-3-4-14-6-7/h7H,2-6H2,1H3,(H2,10,13). The zero-order valence-electron chi connectivity index (χ0n) is 8.36. The van der Waals surface area contributed by atoms with Crippen LogP contribution in [-0.4, -0.2) is 40.4 Å². The number of carbonyl (C=O) groups is 1. The molecule has 0 saturated carbocycles. The summed E-state index contributed by atoms with van der Waals surface area (Å²) < 4.78 is 0. The largest absolute Gasteiger partial charge is 0.392 e. The van der Waals surface area contributed by atoms with E-state index in [-0.39, 0.29) is 11.8 Å². The van der Waals surface area contributed by atoms with E-state index in [9.17, 15) is 4.79 Å². The van der Waals surface area contributed by atoms with Gasteiger partial charge in [-0.05, 0) is 19.1 Å². The number of nitrogens with two attached hydrogens (primary N) is 1. The lowest BCUT2D eigenvalue weighted by Gasteiger charge is -2.23. The number of hydrogen-bond acceptors (Lipinski definition) is 3. The molecule has 1 aliphatic heterocycles. The number of nitrogens with zero attached hydrogens (tertiary/aromatic N) is 1. The second kappa shape index (κ2) is 5.56. The first-order valence-electron chi connectivity index (χ1n) is 4.80. The quantitative estimate of drug-likeness (QED) is 0.731. The lowest BCUT2D eigenvalue weighted by molar-refractivity contribution is -0.133. The van der Waals surface area contributed by atoms with E-state index in [0.29, 0.717) is 18.1 Å². The molecule has 1 aliphatic rings. The van der Waals surface area contributed by atoms with Crippen LogP contribution in [-0.2, 0) is 4.79 Å². The molecule has 1 amide bonds. The maximum Gasteiger partial charge on any atom is 0.226 e. The number of likely N-dealkylation sites (N-methyl/N-ethyl adjacent to an activating group) is 1. The third-order valence-corrected chi connectivity index (χ3v) is 3.61. The van der Waals surface area contributed by atoms with Crippen molar-refractivity contribution < 1.29 is 4.79 Å². The number of thioether (sulfide) groups is 1. The summed E-state index contributed by atoms with van der Waals surface area (Å²) >= 11 is 6.66. The first-order chi connectivity index (χ1) is 6.65. The van der Waals surface area contributed by atoms with Crippen LogP contribution >= 0.6 is 24.0 Å². The summed E-state index contributed by atoms with van der Waals surface area (Å²) in [6, 6.07) is 0. The van der Waals surface area contributed by atoms with Crippen molar-refractivity contribution in [1.29, 1.82) is 0 Å². The molecule has 0 aromatic heterocycles. The minimum atomic E-state index is 0.189. The molecule has 3 nitrogen and oxygen atoms in total. The molecule has 0 spiro atoms. The van der Waals surface area contributed by atoms with Gasteiger partial charge in [0.1, 0.15) is 0 Å². The smallest absolute Gasteiger partial charge is 0.226 e. The molecule has 0 aromatic rings. The first kappa shape index (κ1) is 11.8. The van der Waals surface area contributed by atoms with Crippen molar-refractivity contribution in [3.8, 4) is 0 Å². The third kappa shape index (κ3) is 3.13. The second-order valence-electron chi connectivity index (χ2n) is 3.38. The summed E-state index contributed by atoms with van der Waals surface area (Å²) in [4.78, 5) is 14.1. The molecule has 0 radical (unpaired) electrons. The minimum Gasteiger partial charge on any atom is -0.392 e. The summed E-state index contributed by atoms with van der Waals surface area (Å²) in [5.41, 5.74) is 5.44. The highest BCUT2D eigenvalue weighted by molar-refractivity contribution is 7.99. The lowest BCUT2D eigenvalue weighted by Crippen LogP contribution is -2.41. The molecule has 0 aromatic carbocycles. The maximum atomic E-state index is 11.9. The zero-order chi connectivity index (χ0) is 10.6.